The maximum atomic E-state index is 6.20. The van der Waals surface area contributed by atoms with Gasteiger partial charge in [-0.15, -0.1) is 0 Å². The van der Waals surface area contributed by atoms with Crippen molar-refractivity contribution in [2.24, 2.45) is 0 Å². The number of nitrogens with one attached hydrogen (secondary N) is 1. The van der Waals surface area contributed by atoms with E-state index in [9.17, 15) is 0 Å². The Balaban J connectivity index is 1.48. The minimum absolute atomic E-state index is 0.616. The van der Waals surface area contributed by atoms with Crippen LogP contribution < -0.4 is 5.32 Å². The monoisotopic (exact) mass is 298 g/mol. The highest BCUT2D eigenvalue weighted by atomic mass is 35.5. The summed E-state index contributed by atoms with van der Waals surface area (Å²) >= 11 is 12.2. The molecule has 4 heteroatoms. The Morgan fingerprint density at radius 1 is 1.11 bits per heavy atom. The number of hydrogen-bond acceptors (Lipinski definition) is 2. The van der Waals surface area contributed by atoms with Crippen LogP contribution >= 0.6 is 23.2 Å². The van der Waals surface area contributed by atoms with Crippen molar-refractivity contribution in [1.29, 1.82) is 0 Å². The van der Waals surface area contributed by atoms with Gasteiger partial charge in [-0.2, -0.15) is 0 Å². The van der Waals surface area contributed by atoms with Crippen LogP contribution in [0.3, 0.4) is 0 Å². The van der Waals surface area contributed by atoms with Crippen molar-refractivity contribution in [2.45, 2.75) is 44.3 Å². The van der Waals surface area contributed by atoms with Crippen LogP contribution in [0.15, 0.2) is 18.2 Å². The minimum Gasteiger partial charge on any atom is -0.310 e. The molecule has 2 nitrogen and oxygen atoms in total. The lowest BCUT2D eigenvalue weighted by molar-refractivity contribution is 0.189. The summed E-state index contributed by atoms with van der Waals surface area (Å²) in [6, 6.07) is 7.36. The fourth-order valence-electron chi connectivity index (χ4n) is 2.85. The number of likely N-dealkylation sites (tertiary alicyclic amines) is 1. The van der Waals surface area contributed by atoms with Crippen LogP contribution in [0, 0.1) is 0 Å². The van der Waals surface area contributed by atoms with Crippen LogP contribution in [-0.4, -0.2) is 30.1 Å². The first-order chi connectivity index (χ1) is 9.24. The zero-order valence-corrected chi connectivity index (χ0v) is 12.6. The Morgan fingerprint density at radius 2 is 1.84 bits per heavy atom. The molecule has 1 aromatic rings. The number of rotatable bonds is 4. The van der Waals surface area contributed by atoms with Crippen molar-refractivity contribution < 1.29 is 0 Å². The van der Waals surface area contributed by atoms with Gasteiger partial charge in [-0.25, -0.2) is 0 Å². The van der Waals surface area contributed by atoms with Crippen LogP contribution in [0.25, 0.3) is 0 Å². The quantitative estimate of drug-likeness (QED) is 0.911. The standard InChI is InChI=1S/C15H20Cl2N2/c16-14-3-1-2-11(15(14)17)10-18-12-6-8-19(9-7-12)13-4-5-13/h1-3,12-13,18H,4-10H2. The second-order valence-electron chi connectivity index (χ2n) is 5.64. The first-order valence-electron chi connectivity index (χ1n) is 7.14. The average Bonchev–Trinajstić information content (AvgIpc) is 3.26. The molecule has 2 fully saturated rings. The first-order valence-corrected chi connectivity index (χ1v) is 7.90. The van der Waals surface area contributed by atoms with E-state index in [1.165, 1.54) is 38.8 Å². The molecule has 104 valence electrons. The van der Waals surface area contributed by atoms with Crippen LogP contribution in [0.4, 0.5) is 0 Å². The van der Waals surface area contributed by atoms with Gasteiger partial charge in [0.15, 0.2) is 0 Å². The molecule has 3 rings (SSSR count). The second-order valence-corrected chi connectivity index (χ2v) is 6.42. The lowest BCUT2D eigenvalue weighted by Gasteiger charge is -2.32. The van der Waals surface area contributed by atoms with Gasteiger partial charge in [0.25, 0.3) is 0 Å². The predicted molar refractivity (Wildman–Crippen MR) is 80.9 cm³/mol. The summed E-state index contributed by atoms with van der Waals surface area (Å²) in [5, 5.41) is 4.95. The van der Waals surface area contributed by atoms with Gasteiger partial charge in [0.2, 0.25) is 0 Å². The summed E-state index contributed by atoms with van der Waals surface area (Å²) in [7, 11) is 0. The van der Waals surface area contributed by atoms with Gasteiger partial charge in [0.05, 0.1) is 10.0 Å². The van der Waals surface area contributed by atoms with E-state index >= 15 is 0 Å². The van der Waals surface area contributed by atoms with E-state index in [1.54, 1.807) is 0 Å². The molecule has 1 aromatic carbocycles. The highest BCUT2D eigenvalue weighted by Gasteiger charge is 2.31. The molecule has 0 radical (unpaired) electrons. The second kappa shape index (κ2) is 6.01. The van der Waals surface area contributed by atoms with Crippen LogP contribution in [0.5, 0.6) is 0 Å². The molecule has 1 saturated carbocycles. The van der Waals surface area contributed by atoms with Crippen molar-refractivity contribution in [3.8, 4) is 0 Å². The van der Waals surface area contributed by atoms with E-state index in [-0.39, 0.29) is 0 Å². The van der Waals surface area contributed by atoms with Gasteiger partial charge in [-0.05, 0) is 50.4 Å². The third-order valence-electron chi connectivity index (χ3n) is 4.21. The molecule has 0 unspecified atom stereocenters. The van der Waals surface area contributed by atoms with Gasteiger partial charge >= 0.3 is 0 Å². The van der Waals surface area contributed by atoms with Gasteiger partial charge in [0, 0.05) is 18.6 Å². The lowest BCUT2D eigenvalue weighted by atomic mass is 10.0. The topological polar surface area (TPSA) is 15.3 Å². The minimum atomic E-state index is 0.616. The number of nitrogens with zero attached hydrogens (tertiary/aromatic N) is 1. The molecule has 1 aliphatic heterocycles. The van der Waals surface area contributed by atoms with Crippen LogP contribution in [-0.2, 0) is 6.54 Å². The smallest absolute Gasteiger partial charge is 0.0637 e. The third-order valence-corrected chi connectivity index (χ3v) is 5.06. The van der Waals surface area contributed by atoms with Crippen molar-refractivity contribution in [3.05, 3.63) is 33.8 Å². The maximum absolute atomic E-state index is 6.20. The van der Waals surface area contributed by atoms with Crippen molar-refractivity contribution >= 4 is 23.2 Å². The number of piperidine rings is 1. The first kappa shape index (κ1) is 13.7. The van der Waals surface area contributed by atoms with Crippen molar-refractivity contribution in [1.82, 2.24) is 10.2 Å². The van der Waals surface area contributed by atoms with Gasteiger partial charge < -0.3 is 10.2 Å². The van der Waals surface area contributed by atoms with Gasteiger partial charge in [0.1, 0.15) is 0 Å². The summed E-state index contributed by atoms with van der Waals surface area (Å²) in [4.78, 5) is 2.64. The maximum Gasteiger partial charge on any atom is 0.0637 e. The van der Waals surface area contributed by atoms with Crippen LogP contribution in [0.2, 0.25) is 10.0 Å². The molecule has 1 aliphatic carbocycles. The molecule has 19 heavy (non-hydrogen) atoms. The molecule has 2 aliphatic rings. The third kappa shape index (κ3) is 3.43. The molecule has 0 spiro atoms. The normalized spacial score (nSPS) is 21.8. The van der Waals surface area contributed by atoms with E-state index in [4.69, 9.17) is 23.2 Å². The lowest BCUT2D eigenvalue weighted by Crippen LogP contribution is -2.43. The Hall–Kier alpha value is -0.280. The van der Waals surface area contributed by atoms with Crippen LogP contribution in [0.1, 0.15) is 31.2 Å². The van der Waals surface area contributed by atoms with Crippen molar-refractivity contribution in [3.63, 3.8) is 0 Å². The Kier molecular flexibility index (Phi) is 4.33. The highest BCUT2D eigenvalue weighted by Crippen LogP contribution is 2.29. The van der Waals surface area contributed by atoms with E-state index in [1.807, 2.05) is 18.2 Å². The summed E-state index contributed by atoms with van der Waals surface area (Å²) in [6.07, 6.45) is 5.32. The summed E-state index contributed by atoms with van der Waals surface area (Å²) in [6.45, 7) is 3.30. The fourth-order valence-corrected chi connectivity index (χ4v) is 3.23. The van der Waals surface area contributed by atoms with Crippen molar-refractivity contribution in [2.75, 3.05) is 13.1 Å². The van der Waals surface area contributed by atoms with E-state index in [0.29, 0.717) is 16.1 Å². The predicted octanol–water partition coefficient (Wildman–Crippen LogP) is 3.71. The van der Waals surface area contributed by atoms with Gasteiger partial charge in [-0.3, -0.25) is 0 Å². The number of benzene rings is 1. The number of hydrogen-bond donors (Lipinski definition) is 1. The SMILES string of the molecule is Clc1cccc(CNC2CCN(C3CC3)CC2)c1Cl. The zero-order chi connectivity index (χ0) is 13.2. The fraction of sp³-hybridized carbons (Fsp3) is 0.600. The molecule has 0 amide bonds. The molecule has 1 saturated heterocycles. The summed E-state index contributed by atoms with van der Waals surface area (Å²) in [5.74, 6) is 0. The Labute approximate surface area is 125 Å². The molecular formula is C15H20Cl2N2. The molecule has 1 heterocycles. The summed E-state index contributed by atoms with van der Waals surface area (Å²) in [5.41, 5.74) is 1.10. The Bertz CT molecular complexity index is 438. The average molecular weight is 299 g/mol. The van der Waals surface area contributed by atoms with E-state index in [0.717, 1.165) is 18.2 Å². The summed E-state index contributed by atoms with van der Waals surface area (Å²) < 4.78 is 0. The number of halogens is 2. The largest absolute Gasteiger partial charge is 0.310 e. The Morgan fingerprint density at radius 3 is 2.53 bits per heavy atom. The van der Waals surface area contributed by atoms with E-state index < -0.39 is 0 Å². The molecule has 0 atom stereocenters. The highest BCUT2D eigenvalue weighted by molar-refractivity contribution is 6.42. The molecule has 0 aromatic heterocycles. The molecule has 0 bridgehead atoms. The molecule has 1 N–H and O–H groups in total. The van der Waals surface area contributed by atoms with E-state index in [2.05, 4.69) is 10.2 Å². The molecular weight excluding hydrogens is 279 g/mol. The zero-order valence-electron chi connectivity index (χ0n) is 11.0. The van der Waals surface area contributed by atoms with Gasteiger partial charge in [-0.1, -0.05) is 35.3 Å².